The first-order valence-corrected chi connectivity index (χ1v) is 11.5. The van der Waals surface area contributed by atoms with Crippen LogP contribution in [0.1, 0.15) is 25.1 Å². The molecule has 0 spiro atoms. The van der Waals surface area contributed by atoms with Crippen LogP contribution in [0.3, 0.4) is 0 Å². The second-order valence-electron chi connectivity index (χ2n) is 9.30. The van der Waals surface area contributed by atoms with Gasteiger partial charge in [0.1, 0.15) is 5.82 Å². The van der Waals surface area contributed by atoms with Crippen molar-refractivity contribution in [1.29, 1.82) is 0 Å². The number of likely N-dealkylation sites (tertiary alicyclic amines) is 1. The van der Waals surface area contributed by atoms with Gasteiger partial charge in [-0.05, 0) is 60.6 Å². The summed E-state index contributed by atoms with van der Waals surface area (Å²) in [5.41, 5.74) is 4.74. The summed E-state index contributed by atoms with van der Waals surface area (Å²) in [7, 11) is 1.98. The van der Waals surface area contributed by atoms with Crippen molar-refractivity contribution in [3.8, 4) is 16.8 Å². The summed E-state index contributed by atoms with van der Waals surface area (Å²) in [6, 6.07) is 14.2. The average molecular weight is 443 g/mol. The van der Waals surface area contributed by atoms with Crippen molar-refractivity contribution in [3.63, 3.8) is 0 Å². The number of benzene rings is 2. The van der Waals surface area contributed by atoms with Crippen LogP contribution in [0.15, 0.2) is 53.6 Å². The van der Waals surface area contributed by atoms with Gasteiger partial charge < -0.3 is 9.47 Å². The van der Waals surface area contributed by atoms with E-state index in [4.69, 9.17) is 0 Å². The Morgan fingerprint density at radius 3 is 2.67 bits per heavy atom. The van der Waals surface area contributed by atoms with Crippen molar-refractivity contribution in [2.75, 3.05) is 13.1 Å². The van der Waals surface area contributed by atoms with Gasteiger partial charge in [0.15, 0.2) is 0 Å². The number of hydrogen-bond donors (Lipinski definition) is 1. The lowest BCUT2D eigenvalue weighted by Crippen LogP contribution is -2.30. The Hall–Kier alpha value is -3.68. The minimum atomic E-state index is -0.239. The van der Waals surface area contributed by atoms with E-state index in [0.29, 0.717) is 24.1 Å². The molecule has 1 atom stereocenters. The molecule has 33 heavy (non-hydrogen) atoms. The fourth-order valence-electron chi connectivity index (χ4n) is 4.90. The smallest absolute Gasteiger partial charge is 0.342 e. The molecule has 1 amide bonds. The Morgan fingerprint density at radius 2 is 1.88 bits per heavy atom. The molecule has 3 heterocycles. The van der Waals surface area contributed by atoms with E-state index in [0.717, 1.165) is 60.2 Å². The first-order valence-electron chi connectivity index (χ1n) is 11.5. The topological polar surface area (TPSA) is 88.8 Å². The number of hydrogen-bond acceptors (Lipinski definition) is 4. The van der Waals surface area contributed by atoms with Gasteiger partial charge in [0.2, 0.25) is 5.91 Å². The SMILES string of the molecule is Cn1cnc2cc(-c3ccc(-n4c(C[C@@H]5CCN(C(=O)C6CC6)C5)n[nH]c4=O)cc3)ccc21. The monoisotopic (exact) mass is 442 g/mol. The van der Waals surface area contributed by atoms with Crippen molar-refractivity contribution in [2.24, 2.45) is 18.9 Å². The molecule has 1 aliphatic heterocycles. The normalized spacial score (nSPS) is 18.3. The number of aryl methyl sites for hydroxylation is 1. The lowest BCUT2D eigenvalue weighted by molar-refractivity contribution is -0.131. The Balaban J connectivity index is 1.22. The number of imidazole rings is 1. The van der Waals surface area contributed by atoms with Crippen LogP contribution in [-0.2, 0) is 18.3 Å². The number of nitrogens with one attached hydrogen (secondary N) is 1. The Kier molecular flexibility index (Phi) is 4.67. The predicted octanol–water partition coefficient (Wildman–Crippen LogP) is 2.92. The van der Waals surface area contributed by atoms with E-state index in [9.17, 15) is 9.59 Å². The third-order valence-electron chi connectivity index (χ3n) is 6.92. The molecule has 1 saturated carbocycles. The summed E-state index contributed by atoms with van der Waals surface area (Å²) < 4.78 is 3.65. The van der Waals surface area contributed by atoms with E-state index in [2.05, 4.69) is 33.4 Å². The molecule has 2 aromatic heterocycles. The van der Waals surface area contributed by atoms with Gasteiger partial charge in [0.05, 0.1) is 23.0 Å². The standard InChI is InChI=1S/C25H26N6O2/c1-29-15-26-21-13-19(6-9-22(21)29)17-4-7-20(8-5-17)31-23(27-28-25(31)33)12-16-10-11-30(14-16)24(32)18-2-3-18/h4-9,13,15-16,18H,2-3,10-12,14H2,1H3,(H,28,33)/t16-/m0/s1. The van der Waals surface area contributed by atoms with Crippen LogP contribution in [0.2, 0.25) is 0 Å². The van der Waals surface area contributed by atoms with Crippen LogP contribution < -0.4 is 5.69 Å². The molecule has 2 fully saturated rings. The van der Waals surface area contributed by atoms with Gasteiger partial charge in [-0.3, -0.25) is 4.79 Å². The molecular formula is C25H26N6O2. The highest BCUT2D eigenvalue weighted by Gasteiger charge is 2.36. The first-order chi connectivity index (χ1) is 16.1. The van der Waals surface area contributed by atoms with Gasteiger partial charge in [-0.25, -0.2) is 19.4 Å². The number of nitrogens with zero attached hydrogens (tertiary/aromatic N) is 5. The Morgan fingerprint density at radius 1 is 1.09 bits per heavy atom. The molecule has 0 unspecified atom stereocenters. The maximum absolute atomic E-state index is 12.6. The molecule has 2 aromatic carbocycles. The maximum Gasteiger partial charge on any atom is 0.347 e. The van der Waals surface area contributed by atoms with E-state index in [1.165, 1.54) is 0 Å². The molecule has 4 aromatic rings. The first kappa shape index (κ1) is 20.0. The van der Waals surface area contributed by atoms with Crippen molar-refractivity contribution in [3.05, 3.63) is 65.1 Å². The largest absolute Gasteiger partial charge is 0.347 e. The van der Waals surface area contributed by atoms with Gasteiger partial charge in [0, 0.05) is 32.5 Å². The van der Waals surface area contributed by atoms with E-state index >= 15 is 0 Å². The second kappa shape index (κ2) is 7.72. The van der Waals surface area contributed by atoms with E-state index in [1.54, 1.807) is 4.57 Å². The van der Waals surface area contributed by atoms with Gasteiger partial charge in [-0.15, -0.1) is 0 Å². The number of H-pyrrole nitrogens is 1. The van der Waals surface area contributed by atoms with Gasteiger partial charge in [-0.2, -0.15) is 5.10 Å². The summed E-state index contributed by atoms with van der Waals surface area (Å²) in [5.74, 6) is 1.60. The summed E-state index contributed by atoms with van der Waals surface area (Å²) in [6.45, 7) is 1.56. The zero-order valence-corrected chi connectivity index (χ0v) is 18.6. The highest BCUT2D eigenvalue weighted by molar-refractivity contribution is 5.82. The van der Waals surface area contributed by atoms with Crippen molar-refractivity contribution < 1.29 is 4.79 Å². The number of fused-ring (bicyclic) bond motifs is 1. The zero-order valence-electron chi connectivity index (χ0n) is 18.6. The fraction of sp³-hybridized carbons (Fsp3) is 0.360. The number of rotatable bonds is 5. The molecule has 2 aliphatic rings. The molecule has 8 nitrogen and oxygen atoms in total. The maximum atomic E-state index is 12.6. The molecular weight excluding hydrogens is 416 g/mol. The van der Waals surface area contributed by atoms with Crippen LogP contribution in [0.5, 0.6) is 0 Å². The molecule has 0 bridgehead atoms. The summed E-state index contributed by atoms with van der Waals surface area (Å²) >= 11 is 0. The van der Waals surface area contributed by atoms with Crippen molar-refractivity contribution >= 4 is 16.9 Å². The quantitative estimate of drug-likeness (QED) is 0.515. The van der Waals surface area contributed by atoms with E-state index in [-0.39, 0.29) is 11.6 Å². The third kappa shape index (κ3) is 3.65. The van der Waals surface area contributed by atoms with Crippen LogP contribution in [0.25, 0.3) is 27.8 Å². The molecule has 6 rings (SSSR count). The van der Waals surface area contributed by atoms with E-state index < -0.39 is 0 Å². The third-order valence-corrected chi connectivity index (χ3v) is 6.92. The highest BCUT2D eigenvalue weighted by Crippen LogP contribution is 2.33. The Bertz CT molecular complexity index is 1390. The number of amides is 1. The molecule has 1 saturated heterocycles. The van der Waals surface area contributed by atoms with E-state index in [1.807, 2.05) is 47.1 Å². The van der Waals surface area contributed by atoms with Gasteiger partial charge in [-0.1, -0.05) is 18.2 Å². The molecule has 1 aliphatic carbocycles. The predicted molar refractivity (Wildman–Crippen MR) is 125 cm³/mol. The van der Waals surface area contributed by atoms with Crippen LogP contribution >= 0.6 is 0 Å². The zero-order chi connectivity index (χ0) is 22.5. The van der Waals surface area contributed by atoms with Crippen LogP contribution in [-0.4, -0.2) is 48.2 Å². The van der Waals surface area contributed by atoms with Crippen molar-refractivity contribution in [1.82, 2.24) is 29.2 Å². The number of carbonyl (C=O) groups excluding carboxylic acids is 1. The summed E-state index contributed by atoms with van der Waals surface area (Å²) in [6.07, 6.45) is 5.50. The average Bonchev–Trinajstić information content (AvgIpc) is 3.32. The highest BCUT2D eigenvalue weighted by atomic mass is 16.2. The molecule has 8 heteroatoms. The Labute approximate surface area is 190 Å². The number of carbonyl (C=O) groups is 1. The lowest BCUT2D eigenvalue weighted by Gasteiger charge is -2.16. The van der Waals surface area contributed by atoms with Crippen LogP contribution in [0, 0.1) is 11.8 Å². The minimum absolute atomic E-state index is 0.239. The van der Waals surface area contributed by atoms with Gasteiger partial charge in [0.25, 0.3) is 0 Å². The van der Waals surface area contributed by atoms with Crippen molar-refractivity contribution in [2.45, 2.75) is 25.7 Å². The molecule has 168 valence electrons. The molecule has 1 N–H and O–H groups in total. The second-order valence-corrected chi connectivity index (χ2v) is 9.30. The fourth-order valence-corrected chi connectivity index (χ4v) is 4.90. The van der Waals surface area contributed by atoms with Crippen LogP contribution in [0.4, 0.5) is 0 Å². The summed E-state index contributed by atoms with van der Waals surface area (Å²) in [5, 5.41) is 6.91. The molecule has 0 radical (unpaired) electrons. The number of aromatic nitrogens is 5. The minimum Gasteiger partial charge on any atom is -0.342 e. The summed E-state index contributed by atoms with van der Waals surface area (Å²) in [4.78, 5) is 31.4. The lowest BCUT2D eigenvalue weighted by atomic mass is 10.0. The van der Waals surface area contributed by atoms with Gasteiger partial charge >= 0.3 is 5.69 Å². The number of aromatic amines is 1.